The second-order valence-electron chi connectivity index (χ2n) is 3.85. The van der Waals surface area contributed by atoms with Crippen LogP contribution in [0.25, 0.3) is 0 Å². The zero-order chi connectivity index (χ0) is 10.2. The fourth-order valence-electron chi connectivity index (χ4n) is 1.78. The van der Waals surface area contributed by atoms with Crippen molar-refractivity contribution in [1.29, 1.82) is 0 Å². The van der Waals surface area contributed by atoms with E-state index in [0.29, 0.717) is 6.04 Å². The third kappa shape index (κ3) is 4.40. The summed E-state index contributed by atoms with van der Waals surface area (Å²) >= 11 is 0. The predicted octanol–water partition coefficient (Wildman–Crippen LogP) is 1.92. The lowest BCUT2D eigenvalue weighted by Gasteiger charge is -2.20. The first-order valence-corrected chi connectivity index (χ1v) is 5.83. The zero-order valence-electron chi connectivity index (χ0n) is 9.42. The summed E-state index contributed by atoms with van der Waals surface area (Å²) in [5.74, 6) is 0. The van der Waals surface area contributed by atoms with Crippen LogP contribution < -0.4 is 5.32 Å². The van der Waals surface area contributed by atoms with E-state index in [9.17, 15) is 0 Å². The largest absolute Gasteiger partial charge is 0.350 e. The molecule has 0 aliphatic carbocycles. The molecule has 0 radical (unpaired) electrons. The minimum absolute atomic E-state index is 0.0379. The quantitative estimate of drug-likeness (QED) is 0.682. The lowest BCUT2D eigenvalue weighted by Crippen LogP contribution is -2.33. The fraction of sp³-hybridized carbons (Fsp3) is 1.00. The molecule has 1 N–H and O–H groups in total. The molecule has 0 aromatic carbocycles. The highest BCUT2D eigenvalue weighted by atomic mass is 16.7. The van der Waals surface area contributed by atoms with E-state index < -0.39 is 0 Å². The van der Waals surface area contributed by atoms with Crippen LogP contribution in [0.1, 0.15) is 39.5 Å². The van der Waals surface area contributed by atoms with Gasteiger partial charge in [0.1, 0.15) is 0 Å². The molecular weight excluding hydrogens is 178 g/mol. The topological polar surface area (TPSA) is 30.5 Å². The Morgan fingerprint density at radius 1 is 1.21 bits per heavy atom. The summed E-state index contributed by atoms with van der Waals surface area (Å²) in [6.07, 6.45) is 4.65. The highest BCUT2D eigenvalue weighted by molar-refractivity contribution is 4.69. The lowest BCUT2D eigenvalue weighted by molar-refractivity contribution is -0.0531. The van der Waals surface area contributed by atoms with Gasteiger partial charge in [0.2, 0.25) is 0 Å². The van der Waals surface area contributed by atoms with Crippen molar-refractivity contribution in [3.05, 3.63) is 0 Å². The van der Waals surface area contributed by atoms with Gasteiger partial charge in [0.25, 0.3) is 0 Å². The molecule has 84 valence electrons. The van der Waals surface area contributed by atoms with Gasteiger partial charge in [-0.15, -0.1) is 0 Å². The number of hydrogen-bond donors (Lipinski definition) is 1. The predicted molar refractivity (Wildman–Crippen MR) is 57.3 cm³/mol. The maximum atomic E-state index is 5.45. The Kier molecular flexibility index (Phi) is 6.15. The second kappa shape index (κ2) is 7.21. The van der Waals surface area contributed by atoms with Crippen molar-refractivity contribution in [3.8, 4) is 0 Å². The molecule has 1 saturated heterocycles. The Morgan fingerprint density at radius 2 is 1.93 bits per heavy atom. The van der Waals surface area contributed by atoms with Gasteiger partial charge in [-0.2, -0.15) is 0 Å². The third-order valence-corrected chi connectivity index (χ3v) is 2.49. The highest BCUT2D eigenvalue weighted by Gasteiger charge is 2.20. The standard InChI is InChI=1S/C11H23NO2/c1-3-5-10(12-6-4-2)9-11-13-7-8-14-11/h10-12H,3-9H2,1-2H3. The average molecular weight is 201 g/mol. The molecular formula is C11H23NO2. The monoisotopic (exact) mass is 201 g/mol. The molecule has 1 atom stereocenters. The molecule has 1 rings (SSSR count). The van der Waals surface area contributed by atoms with Crippen molar-refractivity contribution in [3.63, 3.8) is 0 Å². The smallest absolute Gasteiger partial charge is 0.159 e. The molecule has 1 unspecified atom stereocenters. The number of ether oxygens (including phenoxy) is 2. The maximum absolute atomic E-state index is 5.45. The molecule has 14 heavy (non-hydrogen) atoms. The Balaban J connectivity index is 2.18. The minimum Gasteiger partial charge on any atom is -0.350 e. The molecule has 3 nitrogen and oxygen atoms in total. The lowest BCUT2D eigenvalue weighted by atomic mass is 10.1. The molecule has 1 heterocycles. The second-order valence-corrected chi connectivity index (χ2v) is 3.85. The van der Waals surface area contributed by atoms with Crippen molar-refractivity contribution >= 4 is 0 Å². The normalized spacial score (nSPS) is 20.1. The van der Waals surface area contributed by atoms with Crippen LogP contribution in [0, 0.1) is 0 Å². The zero-order valence-corrected chi connectivity index (χ0v) is 9.42. The molecule has 0 spiro atoms. The maximum Gasteiger partial charge on any atom is 0.159 e. The summed E-state index contributed by atoms with van der Waals surface area (Å²) in [4.78, 5) is 0. The number of hydrogen-bond acceptors (Lipinski definition) is 3. The van der Waals surface area contributed by atoms with E-state index in [0.717, 1.165) is 26.2 Å². The molecule has 0 aromatic heterocycles. The van der Waals surface area contributed by atoms with Crippen LogP contribution in [0.2, 0.25) is 0 Å². The minimum atomic E-state index is 0.0379. The molecule has 0 aromatic rings. The van der Waals surface area contributed by atoms with Crippen LogP contribution in [-0.2, 0) is 9.47 Å². The average Bonchev–Trinajstić information content (AvgIpc) is 2.67. The van der Waals surface area contributed by atoms with Gasteiger partial charge in [-0.05, 0) is 19.4 Å². The molecule has 1 aliphatic rings. The van der Waals surface area contributed by atoms with Crippen LogP contribution in [0.5, 0.6) is 0 Å². The van der Waals surface area contributed by atoms with Gasteiger partial charge in [0.05, 0.1) is 13.2 Å². The van der Waals surface area contributed by atoms with Crippen LogP contribution in [-0.4, -0.2) is 32.1 Å². The molecule has 1 aliphatic heterocycles. The highest BCUT2D eigenvalue weighted by Crippen LogP contribution is 2.13. The van der Waals surface area contributed by atoms with Gasteiger partial charge in [-0.1, -0.05) is 20.3 Å². The Labute approximate surface area is 87.2 Å². The van der Waals surface area contributed by atoms with Gasteiger partial charge in [-0.3, -0.25) is 0 Å². The summed E-state index contributed by atoms with van der Waals surface area (Å²) in [7, 11) is 0. The van der Waals surface area contributed by atoms with E-state index in [1.807, 2.05) is 0 Å². The van der Waals surface area contributed by atoms with Gasteiger partial charge in [-0.25, -0.2) is 0 Å². The molecule has 3 heteroatoms. The van der Waals surface area contributed by atoms with E-state index in [1.165, 1.54) is 19.3 Å². The first-order valence-electron chi connectivity index (χ1n) is 5.83. The van der Waals surface area contributed by atoms with Crippen LogP contribution >= 0.6 is 0 Å². The van der Waals surface area contributed by atoms with Gasteiger partial charge in [0.15, 0.2) is 6.29 Å². The van der Waals surface area contributed by atoms with E-state index in [1.54, 1.807) is 0 Å². The van der Waals surface area contributed by atoms with E-state index >= 15 is 0 Å². The fourth-order valence-corrected chi connectivity index (χ4v) is 1.78. The van der Waals surface area contributed by atoms with Crippen LogP contribution in [0.4, 0.5) is 0 Å². The Bertz CT molecular complexity index is 135. The van der Waals surface area contributed by atoms with Gasteiger partial charge >= 0.3 is 0 Å². The molecule has 0 amide bonds. The summed E-state index contributed by atoms with van der Waals surface area (Å²) < 4.78 is 10.9. The van der Waals surface area contributed by atoms with Crippen molar-refractivity contribution in [2.45, 2.75) is 51.9 Å². The number of nitrogens with one attached hydrogen (secondary N) is 1. The van der Waals surface area contributed by atoms with Crippen LogP contribution in [0.3, 0.4) is 0 Å². The molecule has 0 saturated carbocycles. The summed E-state index contributed by atoms with van der Waals surface area (Å²) in [6.45, 7) is 7.03. The van der Waals surface area contributed by atoms with E-state index in [4.69, 9.17) is 9.47 Å². The van der Waals surface area contributed by atoms with Crippen molar-refractivity contribution < 1.29 is 9.47 Å². The van der Waals surface area contributed by atoms with Crippen LogP contribution in [0.15, 0.2) is 0 Å². The first-order chi connectivity index (χ1) is 6.86. The Morgan fingerprint density at radius 3 is 2.50 bits per heavy atom. The van der Waals surface area contributed by atoms with Crippen molar-refractivity contribution in [2.75, 3.05) is 19.8 Å². The van der Waals surface area contributed by atoms with Crippen molar-refractivity contribution in [1.82, 2.24) is 5.32 Å². The Hall–Kier alpha value is -0.120. The summed E-state index contributed by atoms with van der Waals surface area (Å²) in [6, 6.07) is 0.558. The summed E-state index contributed by atoms with van der Waals surface area (Å²) in [5.41, 5.74) is 0. The first kappa shape index (κ1) is 12.0. The SMILES string of the molecule is CCCNC(CCC)CC1OCCO1. The molecule has 0 bridgehead atoms. The number of rotatable bonds is 7. The van der Waals surface area contributed by atoms with Gasteiger partial charge in [0, 0.05) is 12.5 Å². The van der Waals surface area contributed by atoms with E-state index in [-0.39, 0.29) is 6.29 Å². The summed E-state index contributed by atoms with van der Waals surface area (Å²) in [5, 5.41) is 3.54. The third-order valence-electron chi connectivity index (χ3n) is 2.49. The van der Waals surface area contributed by atoms with Gasteiger partial charge < -0.3 is 14.8 Å². The van der Waals surface area contributed by atoms with Crippen molar-refractivity contribution in [2.24, 2.45) is 0 Å². The molecule has 1 fully saturated rings. The van der Waals surface area contributed by atoms with E-state index in [2.05, 4.69) is 19.2 Å².